The van der Waals surface area contributed by atoms with Gasteiger partial charge in [-0.25, -0.2) is 0 Å². The van der Waals surface area contributed by atoms with E-state index in [1.165, 1.54) is 43.3 Å². The molecule has 10 heteroatoms. The zero-order valence-corrected chi connectivity index (χ0v) is 16.8. The van der Waals surface area contributed by atoms with Crippen LogP contribution in [0.4, 0.5) is 5.69 Å². The third-order valence-electron chi connectivity index (χ3n) is 4.50. The molecule has 1 unspecified atom stereocenters. The van der Waals surface area contributed by atoms with Crippen molar-refractivity contribution in [2.75, 3.05) is 6.61 Å². The van der Waals surface area contributed by atoms with Crippen molar-refractivity contribution in [1.82, 2.24) is 0 Å². The molecule has 0 aliphatic carbocycles. The number of carbonyl (C=O) groups excluding carboxylic acids is 1. The summed E-state index contributed by atoms with van der Waals surface area (Å²) < 4.78 is 42.9. The van der Waals surface area contributed by atoms with Crippen LogP contribution in [0.5, 0.6) is 11.5 Å². The van der Waals surface area contributed by atoms with Gasteiger partial charge in [0.05, 0.1) is 15.4 Å². The SMILES string of the molecule is CC(=O)C=Cc1c([N+](=O)[O-])ccc2c1OC(CCc1ccc(S(=O)(=O)O)cc1)CO2. The summed E-state index contributed by atoms with van der Waals surface area (Å²) in [6.07, 6.45) is 3.21. The Bertz CT molecular complexity index is 1110. The number of fused-ring (bicyclic) bond motifs is 1. The Morgan fingerprint density at radius 1 is 1.27 bits per heavy atom. The number of nitro benzene ring substituents is 1. The van der Waals surface area contributed by atoms with Gasteiger partial charge in [-0.05, 0) is 55.7 Å². The van der Waals surface area contributed by atoms with Crippen LogP contribution in [-0.2, 0) is 21.3 Å². The fourth-order valence-corrected chi connectivity index (χ4v) is 3.49. The average molecular weight is 433 g/mol. The number of allylic oxidation sites excluding steroid dienone is 1. The zero-order valence-electron chi connectivity index (χ0n) is 16.0. The molecule has 1 aliphatic heterocycles. The van der Waals surface area contributed by atoms with Crippen LogP contribution in [0.25, 0.3) is 6.08 Å². The van der Waals surface area contributed by atoms with Crippen molar-refractivity contribution < 1.29 is 32.2 Å². The molecule has 0 amide bonds. The second kappa shape index (κ2) is 8.64. The van der Waals surface area contributed by atoms with Gasteiger partial charge in [-0.2, -0.15) is 8.42 Å². The van der Waals surface area contributed by atoms with E-state index in [1.807, 2.05) is 0 Å². The summed E-state index contributed by atoms with van der Waals surface area (Å²) in [6.45, 7) is 1.58. The third-order valence-corrected chi connectivity index (χ3v) is 5.37. The molecule has 3 rings (SSSR count). The highest BCUT2D eigenvalue weighted by molar-refractivity contribution is 7.85. The normalized spacial score (nSPS) is 15.9. The maximum atomic E-state index is 11.4. The molecule has 0 saturated heterocycles. The van der Waals surface area contributed by atoms with Gasteiger partial charge in [0, 0.05) is 6.07 Å². The van der Waals surface area contributed by atoms with Gasteiger partial charge in [-0.3, -0.25) is 19.5 Å². The molecular formula is C20H19NO8S. The second-order valence-electron chi connectivity index (χ2n) is 6.74. The Morgan fingerprint density at radius 3 is 2.57 bits per heavy atom. The number of ketones is 1. The van der Waals surface area contributed by atoms with Gasteiger partial charge in [0.15, 0.2) is 17.3 Å². The van der Waals surface area contributed by atoms with Crippen LogP contribution >= 0.6 is 0 Å². The van der Waals surface area contributed by atoms with Crippen LogP contribution in [-0.4, -0.2) is 36.4 Å². The number of carbonyl (C=O) groups is 1. The molecule has 9 nitrogen and oxygen atoms in total. The summed E-state index contributed by atoms with van der Waals surface area (Å²) in [7, 11) is -4.25. The van der Waals surface area contributed by atoms with Crippen LogP contribution in [0.1, 0.15) is 24.5 Å². The molecule has 2 aromatic rings. The predicted molar refractivity (Wildman–Crippen MR) is 107 cm³/mol. The highest BCUT2D eigenvalue weighted by atomic mass is 32.2. The summed E-state index contributed by atoms with van der Waals surface area (Å²) in [5, 5.41) is 11.4. The molecule has 0 aromatic heterocycles. The summed E-state index contributed by atoms with van der Waals surface area (Å²) in [5.74, 6) is 0.306. The van der Waals surface area contributed by atoms with E-state index < -0.39 is 21.1 Å². The summed E-state index contributed by atoms with van der Waals surface area (Å²) in [5.41, 5.74) is 0.791. The number of benzene rings is 2. The molecule has 1 heterocycles. The molecule has 1 atom stereocenters. The van der Waals surface area contributed by atoms with Crippen molar-refractivity contribution >= 4 is 27.7 Å². The van der Waals surface area contributed by atoms with Crippen LogP contribution in [0.2, 0.25) is 0 Å². The van der Waals surface area contributed by atoms with Crippen molar-refractivity contribution in [3.63, 3.8) is 0 Å². The van der Waals surface area contributed by atoms with E-state index in [2.05, 4.69) is 0 Å². The predicted octanol–water partition coefficient (Wildman–Crippen LogP) is 3.22. The molecule has 30 heavy (non-hydrogen) atoms. The zero-order chi connectivity index (χ0) is 21.9. The molecule has 1 aliphatic rings. The van der Waals surface area contributed by atoms with Gasteiger partial charge in [-0.1, -0.05) is 12.1 Å². The fraction of sp³-hybridized carbons (Fsp3) is 0.250. The van der Waals surface area contributed by atoms with E-state index in [0.29, 0.717) is 18.6 Å². The number of hydrogen-bond donors (Lipinski definition) is 1. The Kier molecular flexibility index (Phi) is 6.18. The van der Waals surface area contributed by atoms with Crippen LogP contribution in [0.15, 0.2) is 47.4 Å². The molecule has 0 saturated carbocycles. The molecule has 2 aromatic carbocycles. The van der Waals surface area contributed by atoms with E-state index in [9.17, 15) is 23.3 Å². The summed E-state index contributed by atoms with van der Waals surface area (Å²) in [4.78, 5) is 21.9. The average Bonchev–Trinajstić information content (AvgIpc) is 2.69. The largest absolute Gasteiger partial charge is 0.486 e. The van der Waals surface area contributed by atoms with Gasteiger partial charge in [-0.15, -0.1) is 0 Å². The maximum absolute atomic E-state index is 11.4. The van der Waals surface area contributed by atoms with Gasteiger partial charge in [0.25, 0.3) is 15.8 Å². The minimum absolute atomic E-state index is 0.162. The number of nitrogens with zero attached hydrogens (tertiary/aromatic N) is 1. The van der Waals surface area contributed by atoms with Crippen molar-refractivity contribution in [3.8, 4) is 11.5 Å². The first-order valence-corrected chi connectivity index (χ1v) is 10.4. The highest BCUT2D eigenvalue weighted by Gasteiger charge is 2.28. The summed E-state index contributed by atoms with van der Waals surface area (Å²) >= 11 is 0. The lowest BCUT2D eigenvalue weighted by Gasteiger charge is -2.27. The van der Waals surface area contributed by atoms with Gasteiger partial charge < -0.3 is 9.47 Å². The lowest BCUT2D eigenvalue weighted by Crippen LogP contribution is -2.30. The first-order valence-electron chi connectivity index (χ1n) is 9.01. The second-order valence-corrected chi connectivity index (χ2v) is 8.16. The molecule has 0 spiro atoms. The molecule has 1 N–H and O–H groups in total. The Labute approximate surface area is 172 Å². The minimum Gasteiger partial charge on any atom is -0.486 e. The summed E-state index contributed by atoms with van der Waals surface area (Å²) in [6, 6.07) is 8.57. The Morgan fingerprint density at radius 2 is 1.97 bits per heavy atom. The van der Waals surface area contributed by atoms with E-state index in [-0.39, 0.29) is 34.3 Å². The van der Waals surface area contributed by atoms with Crippen molar-refractivity contribution in [2.24, 2.45) is 0 Å². The van der Waals surface area contributed by atoms with E-state index in [1.54, 1.807) is 12.1 Å². The third kappa shape index (κ3) is 5.02. The molecular weight excluding hydrogens is 414 g/mol. The lowest BCUT2D eigenvalue weighted by molar-refractivity contribution is -0.385. The topological polar surface area (TPSA) is 133 Å². The van der Waals surface area contributed by atoms with E-state index >= 15 is 0 Å². The van der Waals surface area contributed by atoms with Gasteiger partial charge >= 0.3 is 0 Å². The van der Waals surface area contributed by atoms with Crippen LogP contribution in [0.3, 0.4) is 0 Å². The smallest absolute Gasteiger partial charge is 0.294 e. The maximum Gasteiger partial charge on any atom is 0.294 e. The van der Waals surface area contributed by atoms with Gasteiger partial charge in [0.2, 0.25) is 0 Å². The number of rotatable bonds is 7. The minimum atomic E-state index is -4.25. The number of ether oxygens (including phenoxy) is 2. The lowest BCUT2D eigenvalue weighted by atomic mass is 10.1. The van der Waals surface area contributed by atoms with Gasteiger partial charge in [0.1, 0.15) is 12.7 Å². The standard InChI is InChI=1S/C20H19NO8S/c1-13(22)2-9-17-18(21(23)24)10-11-19-20(17)29-15(12-28-19)6-3-14-4-7-16(8-5-14)30(25,26)27/h2,4-5,7-11,15H,3,6,12H2,1H3,(H,25,26,27). The quantitative estimate of drug-likeness (QED) is 0.305. The number of nitro groups is 1. The van der Waals surface area contributed by atoms with Crippen molar-refractivity contribution in [1.29, 1.82) is 0 Å². The molecule has 0 fully saturated rings. The van der Waals surface area contributed by atoms with Crippen LogP contribution in [0, 0.1) is 10.1 Å². The molecule has 0 bridgehead atoms. The Balaban J connectivity index is 1.78. The monoisotopic (exact) mass is 433 g/mol. The van der Waals surface area contributed by atoms with Crippen LogP contribution < -0.4 is 9.47 Å². The number of hydrogen-bond acceptors (Lipinski definition) is 7. The highest BCUT2D eigenvalue weighted by Crippen LogP contribution is 2.41. The van der Waals surface area contributed by atoms with Crippen molar-refractivity contribution in [3.05, 3.63) is 63.7 Å². The molecule has 158 valence electrons. The first-order chi connectivity index (χ1) is 14.1. The first kappa shape index (κ1) is 21.5. The van der Waals surface area contributed by atoms with E-state index in [4.69, 9.17) is 14.0 Å². The molecule has 0 radical (unpaired) electrons. The van der Waals surface area contributed by atoms with E-state index in [0.717, 1.165) is 5.56 Å². The fourth-order valence-electron chi connectivity index (χ4n) is 3.01. The Hall–Kier alpha value is -3.24. The number of aryl methyl sites for hydroxylation is 1. The van der Waals surface area contributed by atoms with Crippen molar-refractivity contribution in [2.45, 2.75) is 30.8 Å².